The number of nitrogens with zero attached hydrogens (tertiary/aromatic N) is 4. The highest BCUT2D eigenvalue weighted by atomic mass is 19.4. The van der Waals surface area contributed by atoms with Gasteiger partial charge >= 0.3 is 6.36 Å². The van der Waals surface area contributed by atoms with Gasteiger partial charge in [0.25, 0.3) is 0 Å². The zero-order valence-electron chi connectivity index (χ0n) is 23.0. The molecule has 8 nitrogen and oxygen atoms in total. The summed E-state index contributed by atoms with van der Waals surface area (Å²) < 4.78 is 63.3. The number of alkyl halides is 3. The number of aromatic nitrogens is 3. The lowest BCUT2D eigenvalue weighted by atomic mass is 10.00. The number of carbonyl (C=O) groups is 1. The second kappa shape index (κ2) is 12.2. The van der Waals surface area contributed by atoms with Crippen LogP contribution in [0.15, 0.2) is 67.1 Å². The lowest BCUT2D eigenvalue weighted by molar-refractivity contribution is -0.275. The average Bonchev–Trinajstić information content (AvgIpc) is 3.57. The molecule has 0 aliphatic carbocycles. The van der Waals surface area contributed by atoms with E-state index in [1.54, 1.807) is 47.8 Å². The van der Waals surface area contributed by atoms with Crippen LogP contribution in [0.2, 0.25) is 0 Å². The number of amides is 1. The number of pyridine rings is 2. The minimum atomic E-state index is -5.06. The Labute approximate surface area is 239 Å². The molecule has 1 aliphatic rings. The molecule has 1 aliphatic heterocycles. The molecule has 0 radical (unpaired) electrons. The van der Waals surface area contributed by atoms with Crippen molar-refractivity contribution in [1.29, 1.82) is 0 Å². The summed E-state index contributed by atoms with van der Waals surface area (Å²) >= 11 is 0. The molecule has 3 aromatic heterocycles. The van der Waals surface area contributed by atoms with Crippen molar-refractivity contribution in [1.82, 2.24) is 24.8 Å². The number of hydrogen-bond acceptors (Lipinski definition) is 6. The van der Waals surface area contributed by atoms with Crippen LogP contribution >= 0.6 is 0 Å². The van der Waals surface area contributed by atoms with Crippen molar-refractivity contribution in [2.45, 2.75) is 25.2 Å². The van der Waals surface area contributed by atoms with E-state index in [4.69, 9.17) is 4.74 Å². The van der Waals surface area contributed by atoms with Gasteiger partial charge in [-0.3, -0.25) is 14.8 Å². The van der Waals surface area contributed by atoms with Gasteiger partial charge in [0.1, 0.15) is 12.4 Å². The SMILES string of the molecule is CN(C)C/C=C/C(=O)N1CCC[C@H]1COc1cnccc1-c1[nH]c2cccnc2c1-c1ccc(F)c(OC(F)(F)F)c1. The number of benzene rings is 1. The van der Waals surface area contributed by atoms with Crippen molar-refractivity contribution in [3.8, 4) is 33.9 Å². The van der Waals surface area contributed by atoms with Crippen LogP contribution in [0.5, 0.6) is 11.5 Å². The Hall–Kier alpha value is -4.45. The third-order valence-corrected chi connectivity index (χ3v) is 6.88. The number of likely N-dealkylation sites (tertiary alicyclic amines) is 1. The summed E-state index contributed by atoms with van der Waals surface area (Å²) in [7, 11) is 3.85. The molecular formula is C30H29F4N5O3. The number of nitrogens with one attached hydrogen (secondary N) is 1. The van der Waals surface area contributed by atoms with Crippen LogP contribution in [0.1, 0.15) is 12.8 Å². The molecular weight excluding hydrogens is 554 g/mol. The molecule has 1 aromatic carbocycles. The lowest BCUT2D eigenvalue weighted by Gasteiger charge is -2.24. The van der Waals surface area contributed by atoms with Crippen molar-refractivity contribution in [3.63, 3.8) is 0 Å². The fraction of sp³-hybridized carbons (Fsp3) is 0.300. The molecule has 1 saturated heterocycles. The quantitative estimate of drug-likeness (QED) is 0.198. The van der Waals surface area contributed by atoms with Gasteiger partial charge in [-0.05, 0) is 62.8 Å². The summed E-state index contributed by atoms with van der Waals surface area (Å²) in [6.45, 7) is 1.50. The first-order valence-corrected chi connectivity index (χ1v) is 13.3. The van der Waals surface area contributed by atoms with E-state index < -0.39 is 17.9 Å². The predicted molar refractivity (Wildman–Crippen MR) is 149 cm³/mol. The highest BCUT2D eigenvalue weighted by molar-refractivity contribution is 6.02. The molecule has 0 saturated carbocycles. The summed E-state index contributed by atoms with van der Waals surface area (Å²) in [5.74, 6) is -1.77. The van der Waals surface area contributed by atoms with Crippen LogP contribution in [-0.2, 0) is 4.79 Å². The Morgan fingerprint density at radius 1 is 1.19 bits per heavy atom. The highest BCUT2D eigenvalue weighted by Crippen LogP contribution is 2.42. The van der Waals surface area contributed by atoms with Crippen molar-refractivity contribution in [3.05, 3.63) is 73.0 Å². The number of halogens is 4. The number of fused-ring (bicyclic) bond motifs is 1. The van der Waals surface area contributed by atoms with E-state index in [1.807, 2.05) is 25.1 Å². The molecule has 220 valence electrons. The maximum atomic E-state index is 14.3. The van der Waals surface area contributed by atoms with E-state index in [1.165, 1.54) is 6.07 Å². The first-order chi connectivity index (χ1) is 20.1. The predicted octanol–water partition coefficient (Wildman–Crippen LogP) is 5.82. The number of carbonyl (C=O) groups excluding carboxylic acids is 1. The molecule has 1 amide bonds. The molecule has 1 N–H and O–H groups in total. The number of H-pyrrole nitrogens is 1. The van der Waals surface area contributed by atoms with E-state index in [2.05, 4.69) is 19.7 Å². The minimum absolute atomic E-state index is 0.0773. The van der Waals surface area contributed by atoms with Crippen molar-refractivity contribution in [2.75, 3.05) is 33.8 Å². The molecule has 42 heavy (non-hydrogen) atoms. The maximum Gasteiger partial charge on any atom is 0.573 e. The summed E-state index contributed by atoms with van der Waals surface area (Å²) in [6, 6.07) is 8.35. The first-order valence-electron chi connectivity index (χ1n) is 13.3. The molecule has 1 fully saturated rings. The Bertz CT molecular complexity index is 1600. The summed E-state index contributed by atoms with van der Waals surface area (Å²) in [6.07, 6.45) is 4.63. The Balaban J connectivity index is 1.47. The van der Waals surface area contributed by atoms with Gasteiger partial charge in [-0.2, -0.15) is 0 Å². The van der Waals surface area contributed by atoms with Gasteiger partial charge in [-0.15, -0.1) is 13.2 Å². The second-order valence-electron chi connectivity index (χ2n) is 10.1. The minimum Gasteiger partial charge on any atom is -0.489 e. The molecule has 1 atom stereocenters. The molecule has 4 aromatic rings. The third kappa shape index (κ3) is 6.54. The Morgan fingerprint density at radius 3 is 2.81 bits per heavy atom. The van der Waals surface area contributed by atoms with Gasteiger partial charge in [0.15, 0.2) is 11.6 Å². The van der Waals surface area contributed by atoms with E-state index in [-0.39, 0.29) is 24.1 Å². The summed E-state index contributed by atoms with van der Waals surface area (Å²) in [4.78, 5) is 28.5. The molecule has 0 bridgehead atoms. The number of likely N-dealkylation sites (N-methyl/N-ethyl adjacent to an activating group) is 1. The summed E-state index contributed by atoms with van der Waals surface area (Å²) in [5, 5.41) is 0. The lowest BCUT2D eigenvalue weighted by Crippen LogP contribution is -2.38. The van der Waals surface area contributed by atoms with Gasteiger partial charge < -0.3 is 24.3 Å². The average molecular weight is 584 g/mol. The van der Waals surface area contributed by atoms with Gasteiger partial charge in [-0.1, -0.05) is 12.1 Å². The monoisotopic (exact) mass is 583 g/mol. The zero-order chi connectivity index (χ0) is 29.9. The standard InChI is InChI=1S/C30H29F4N5O3/c1-38(2)14-5-8-26(40)39-15-4-6-20(39)18-41-25-17-35-13-11-21(25)28-27(29-23(37-28)7-3-12-36-29)19-9-10-22(31)24(16-19)42-30(32,33)34/h3,5,7-13,16-17,20,37H,4,6,14-15,18H2,1-2H3/b8-5+/t20-/m0/s1. The van der Waals surface area contributed by atoms with Gasteiger partial charge in [0.2, 0.25) is 5.91 Å². The zero-order valence-corrected chi connectivity index (χ0v) is 23.0. The molecule has 4 heterocycles. The molecule has 0 unspecified atom stereocenters. The van der Waals surface area contributed by atoms with Crippen LogP contribution < -0.4 is 9.47 Å². The smallest absolute Gasteiger partial charge is 0.489 e. The van der Waals surface area contributed by atoms with Crippen molar-refractivity contribution in [2.24, 2.45) is 0 Å². The third-order valence-electron chi connectivity index (χ3n) is 6.88. The van der Waals surface area contributed by atoms with Crippen LogP contribution in [0.3, 0.4) is 0 Å². The molecule has 5 rings (SSSR count). The number of hydrogen-bond donors (Lipinski definition) is 1. The Morgan fingerprint density at radius 2 is 2.02 bits per heavy atom. The number of ether oxygens (including phenoxy) is 2. The number of aromatic amines is 1. The fourth-order valence-electron chi connectivity index (χ4n) is 5.01. The van der Waals surface area contributed by atoms with Crippen molar-refractivity contribution < 1.29 is 31.8 Å². The second-order valence-corrected chi connectivity index (χ2v) is 10.1. The van der Waals surface area contributed by atoms with E-state index in [0.29, 0.717) is 46.7 Å². The fourth-order valence-corrected chi connectivity index (χ4v) is 5.01. The highest BCUT2D eigenvalue weighted by Gasteiger charge is 2.33. The van der Waals surface area contributed by atoms with Gasteiger partial charge in [0.05, 0.1) is 29.0 Å². The molecule has 12 heteroatoms. The van der Waals surface area contributed by atoms with Crippen LogP contribution in [-0.4, -0.2) is 76.9 Å². The van der Waals surface area contributed by atoms with Gasteiger partial charge in [0, 0.05) is 42.7 Å². The largest absolute Gasteiger partial charge is 0.573 e. The maximum absolute atomic E-state index is 14.3. The van der Waals surface area contributed by atoms with Crippen LogP contribution in [0.25, 0.3) is 33.4 Å². The number of rotatable bonds is 9. The van der Waals surface area contributed by atoms with Crippen LogP contribution in [0.4, 0.5) is 17.6 Å². The molecule has 0 spiro atoms. The Kier molecular flexibility index (Phi) is 8.44. The topological polar surface area (TPSA) is 83.6 Å². The van der Waals surface area contributed by atoms with E-state index >= 15 is 0 Å². The normalized spacial score (nSPS) is 15.7. The van der Waals surface area contributed by atoms with E-state index in [0.717, 1.165) is 25.0 Å². The van der Waals surface area contributed by atoms with Gasteiger partial charge in [-0.25, -0.2) is 4.39 Å². The van der Waals surface area contributed by atoms with E-state index in [9.17, 15) is 22.4 Å². The van der Waals surface area contributed by atoms with Crippen molar-refractivity contribution >= 4 is 16.9 Å². The van der Waals surface area contributed by atoms with Crippen LogP contribution in [0, 0.1) is 5.82 Å². The first kappa shape index (κ1) is 29.1. The summed E-state index contributed by atoms with van der Waals surface area (Å²) in [5.41, 5.74) is 2.86.